The van der Waals surface area contributed by atoms with Crippen molar-refractivity contribution in [1.29, 1.82) is 0 Å². The van der Waals surface area contributed by atoms with Gasteiger partial charge in [0.1, 0.15) is 6.61 Å². The van der Waals surface area contributed by atoms with Crippen LogP contribution in [0.1, 0.15) is 51.7 Å². The number of phenolic OH excluding ortho intramolecular Hbond substituents is 1. The molecule has 3 rings (SSSR count). The molecule has 0 aliphatic heterocycles. The first-order valence-electron chi connectivity index (χ1n) is 13.1. The highest BCUT2D eigenvalue weighted by molar-refractivity contribution is 6.99. The molecule has 0 spiro atoms. The number of aryl methyl sites for hydroxylation is 1. The zero-order valence-electron chi connectivity index (χ0n) is 23.2. The van der Waals surface area contributed by atoms with E-state index in [1.165, 1.54) is 10.4 Å². The van der Waals surface area contributed by atoms with Crippen LogP contribution in [0.15, 0.2) is 97.6 Å². The molecule has 196 valence electrons. The maximum absolute atomic E-state index is 10.6. The van der Waals surface area contributed by atoms with Gasteiger partial charge in [0.25, 0.3) is 8.32 Å². The number of allylic oxidation sites excluding steroid dienone is 2. The second-order valence-electron chi connectivity index (χ2n) is 10.8. The van der Waals surface area contributed by atoms with Crippen LogP contribution in [0.2, 0.25) is 5.04 Å². The molecule has 0 amide bonds. The molecule has 0 heterocycles. The van der Waals surface area contributed by atoms with Gasteiger partial charge in [-0.25, -0.2) is 0 Å². The Morgan fingerprint density at radius 3 is 2.03 bits per heavy atom. The van der Waals surface area contributed by atoms with Crippen molar-refractivity contribution in [2.75, 3.05) is 13.2 Å². The van der Waals surface area contributed by atoms with E-state index >= 15 is 0 Å². The molecular formula is C33H42O3Si. The van der Waals surface area contributed by atoms with Gasteiger partial charge >= 0.3 is 0 Å². The highest BCUT2D eigenvalue weighted by Gasteiger charge is 2.50. The number of benzene rings is 3. The second kappa shape index (κ2) is 12.4. The number of phenols is 1. The molecule has 0 aromatic heterocycles. The maximum atomic E-state index is 10.6. The number of ether oxygens (including phenoxy) is 1. The van der Waals surface area contributed by atoms with E-state index in [4.69, 9.17) is 9.16 Å². The van der Waals surface area contributed by atoms with Gasteiger partial charge in [0.15, 0.2) is 11.5 Å². The van der Waals surface area contributed by atoms with E-state index < -0.39 is 8.32 Å². The average molecular weight is 515 g/mol. The standard InChI is InChI=1S/C33H42O3Si/c1-8-10-21-35-31-23-27(22-25(3)32(31)34)30(9-2)26(4)24-36-37(33(5,6)7,28-17-13-11-14-18-28)29-19-15-12-16-20-29/h8-20,22-23,26,30,34H,2,21,24H2,1,3-7H3/b10-8+/t26-,30+/m0/s1. The predicted molar refractivity (Wildman–Crippen MR) is 159 cm³/mol. The minimum atomic E-state index is -2.63. The third kappa shape index (κ3) is 6.26. The zero-order valence-corrected chi connectivity index (χ0v) is 24.2. The molecule has 0 aliphatic rings. The van der Waals surface area contributed by atoms with Crippen LogP contribution < -0.4 is 15.1 Å². The van der Waals surface area contributed by atoms with Gasteiger partial charge in [0.05, 0.1) is 0 Å². The van der Waals surface area contributed by atoms with Crippen LogP contribution in [0.25, 0.3) is 0 Å². The van der Waals surface area contributed by atoms with Gasteiger partial charge in [-0.2, -0.15) is 0 Å². The van der Waals surface area contributed by atoms with Crippen molar-refractivity contribution < 1.29 is 14.3 Å². The summed E-state index contributed by atoms with van der Waals surface area (Å²) in [7, 11) is -2.63. The molecule has 0 saturated heterocycles. The maximum Gasteiger partial charge on any atom is 0.261 e. The van der Waals surface area contributed by atoms with Crippen molar-refractivity contribution in [3.05, 3.63) is 109 Å². The van der Waals surface area contributed by atoms with Crippen LogP contribution in [0.5, 0.6) is 11.5 Å². The Morgan fingerprint density at radius 1 is 0.973 bits per heavy atom. The molecule has 37 heavy (non-hydrogen) atoms. The third-order valence-corrected chi connectivity index (χ3v) is 12.1. The third-order valence-electron chi connectivity index (χ3n) is 7.09. The van der Waals surface area contributed by atoms with Crippen LogP contribution >= 0.6 is 0 Å². The van der Waals surface area contributed by atoms with E-state index in [1.54, 1.807) is 0 Å². The minimum Gasteiger partial charge on any atom is -0.504 e. The SMILES string of the molecule is C=C[C@@H](c1cc(C)c(O)c(OC/C=C/C)c1)[C@@H](C)CO[Si](c1ccccc1)(c1ccccc1)C(C)(C)C. The molecule has 0 fully saturated rings. The summed E-state index contributed by atoms with van der Waals surface area (Å²) in [6, 6.07) is 25.4. The van der Waals surface area contributed by atoms with E-state index in [9.17, 15) is 5.11 Å². The highest BCUT2D eigenvalue weighted by Crippen LogP contribution is 2.39. The lowest BCUT2D eigenvalue weighted by atomic mass is 9.87. The predicted octanol–water partition coefficient (Wildman–Crippen LogP) is 7.14. The topological polar surface area (TPSA) is 38.7 Å². The van der Waals surface area contributed by atoms with Gasteiger partial charge in [-0.1, -0.05) is 113 Å². The van der Waals surface area contributed by atoms with Gasteiger partial charge in [0, 0.05) is 12.5 Å². The number of hydrogen-bond acceptors (Lipinski definition) is 3. The molecule has 3 nitrogen and oxygen atoms in total. The van der Waals surface area contributed by atoms with Crippen LogP contribution in [-0.2, 0) is 4.43 Å². The van der Waals surface area contributed by atoms with Crippen molar-refractivity contribution >= 4 is 18.7 Å². The molecule has 4 heteroatoms. The lowest BCUT2D eigenvalue weighted by Crippen LogP contribution is -2.66. The summed E-state index contributed by atoms with van der Waals surface area (Å²) in [4.78, 5) is 0. The van der Waals surface area contributed by atoms with Crippen LogP contribution in [0.4, 0.5) is 0 Å². The molecule has 0 aliphatic carbocycles. The lowest BCUT2D eigenvalue weighted by molar-refractivity contribution is 0.235. The lowest BCUT2D eigenvalue weighted by Gasteiger charge is -2.44. The van der Waals surface area contributed by atoms with Gasteiger partial charge in [-0.05, 0) is 52.4 Å². The Labute approximate surface area is 224 Å². The van der Waals surface area contributed by atoms with Crippen molar-refractivity contribution in [3.63, 3.8) is 0 Å². The van der Waals surface area contributed by atoms with Crippen molar-refractivity contribution in [2.45, 2.75) is 52.5 Å². The summed E-state index contributed by atoms with van der Waals surface area (Å²) >= 11 is 0. The number of hydrogen-bond donors (Lipinski definition) is 1. The van der Waals surface area contributed by atoms with E-state index in [0.29, 0.717) is 19.0 Å². The van der Waals surface area contributed by atoms with Crippen molar-refractivity contribution in [2.24, 2.45) is 5.92 Å². The summed E-state index contributed by atoms with van der Waals surface area (Å²) in [6.45, 7) is 18.1. The molecule has 0 radical (unpaired) electrons. The molecule has 2 atom stereocenters. The molecule has 0 bridgehead atoms. The summed E-state index contributed by atoms with van der Waals surface area (Å²) in [5.41, 5.74) is 1.86. The first-order valence-corrected chi connectivity index (χ1v) is 15.0. The van der Waals surface area contributed by atoms with E-state index in [0.717, 1.165) is 11.1 Å². The fourth-order valence-corrected chi connectivity index (χ4v) is 9.80. The summed E-state index contributed by atoms with van der Waals surface area (Å²) in [5, 5.41) is 13.0. The Kier molecular flexibility index (Phi) is 9.58. The molecule has 3 aromatic rings. The Balaban J connectivity index is 1.97. The Morgan fingerprint density at radius 2 is 1.54 bits per heavy atom. The van der Waals surface area contributed by atoms with Crippen LogP contribution in [0.3, 0.4) is 0 Å². The highest BCUT2D eigenvalue weighted by atomic mass is 28.4. The largest absolute Gasteiger partial charge is 0.504 e. The monoisotopic (exact) mass is 514 g/mol. The van der Waals surface area contributed by atoms with E-state index in [-0.39, 0.29) is 22.6 Å². The molecule has 3 aromatic carbocycles. The first kappa shape index (κ1) is 28.5. The van der Waals surface area contributed by atoms with Crippen molar-refractivity contribution in [3.8, 4) is 11.5 Å². The van der Waals surface area contributed by atoms with E-state index in [1.807, 2.05) is 44.2 Å². The zero-order chi connectivity index (χ0) is 27.1. The molecule has 0 saturated carbocycles. The Bertz CT molecular complexity index is 1140. The number of rotatable bonds is 11. The van der Waals surface area contributed by atoms with Gasteiger partial charge in [0.2, 0.25) is 0 Å². The van der Waals surface area contributed by atoms with Crippen LogP contribution in [-0.4, -0.2) is 26.6 Å². The summed E-state index contributed by atoms with van der Waals surface area (Å²) in [6.07, 6.45) is 5.85. The van der Waals surface area contributed by atoms with E-state index in [2.05, 4.69) is 94.9 Å². The molecular weight excluding hydrogens is 472 g/mol. The second-order valence-corrected chi connectivity index (χ2v) is 15.1. The van der Waals surface area contributed by atoms with Gasteiger partial charge in [-0.3, -0.25) is 0 Å². The van der Waals surface area contributed by atoms with Crippen molar-refractivity contribution in [1.82, 2.24) is 0 Å². The van der Waals surface area contributed by atoms with Gasteiger partial charge < -0.3 is 14.3 Å². The quantitative estimate of drug-likeness (QED) is 0.218. The van der Waals surface area contributed by atoms with Crippen LogP contribution in [0, 0.1) is 12.8 Å². The molecule has 1 N–H and O–H groups in total. The van der Waals surface area contributed by atoms with Gasteiger partial charge in [-0.15, -0.1) is 6.58 Å². The average Bonchev–Trinajstić information content (AvgIpc) is 2.88. The molecule has 0 unspecified atom stereocenters. The first-order chi connectivity index (χ1) is 17.7. The fourth-order valence-electron chi connectivity index (χ4n) is 5.13. The normalized spacial score (nSPS) is 13.9. The summed E-state index contributed by atoms with van der Waals surface area (Å²) in [5.74, 6) is 0.889. The minimum absolute atomic E-state index is 0.0431. The fraction of sp³-hybridized carbons (Fsp3) is 0.333. The smallest absolute Gasteiger partial charge is 0.261 e. The summed E-state index contributed by atoms with van der Waals surface area (Å²) < 4.78 is 13.0. The number of aromatic hydroxyl groups is 1. The Hall–Kier alpha value is -3.08.